The molecule has 0 heterocycles. The Morgan fingerprint density at radius 1 is 1.88 bits per heavy atom. The van der Waals surface area contributed by atoms with Crippen LogP contribution in [0.15, 0.2) is 17.4 Å². The van der Waals surface area contributed by atoms with E-state index in [1.807, 2.05) is 0 Å². The predicted octanol–water partition coefficient (Wildman–Crippen LogP) is 0.352. The molecule has 0 aromatic heterocycles. The number of rotatable bonds is 4. The van der Waals surface area contributed by atoms with Gasteiger partial charge < -0.3 is 4.74 Å². The fraction of sp³-hybridized carbons (Fsp3) is 0.400. The van der Waals surface area contributed by atoms with E-state index in [4.69, 9.17) is 4.74 Å². The summed E-state index contributed by atoms with van der Waals surface area (Å²) in [5, 5.41) is 3.37. The highest BCUT2D eigenvalue weighted by molar-refractivity contribution is 5.22. The molecule has 0 aromatic rings. The lowest BCUT2D eigenvalue weighted by Gasteiger charge is -1.86. The van der Waals surface area contributed by atoms with E-state index in [0.29, 0.717) is 6.61 Å². The molecule has 0 aromatic carbocycles. The molecule has 0 unspecified atom stereocenters. The molecular formula is C5H10N2O. The van der Waals surface area contributed by atoms with Gasteiger partial charge in [0.25, 0.3) is 0 Å². The maximum Gasteiger partial charge on any atom is 0.0661 e. The van der Waals surface area contributed by atoms with Crippen LogP contribution in [0.3, 0.4) is 0 Å². The second-order valence-corrected chi connectivity index (χ2v) is 1.14. The van der Waals surface area contributed by atoms with E-state index in [1.165, 1.54) is 0 Å². The normalized spacial score (nSPS) is 9.62. The van der Waals surface area contributed by atoms with Gasteiger partial charge in [-0.25, -0.2) is 0 Å². The summed E-state index contributed by atoms with van der Waals surface area (Å²) in [6.45, 7) is 3.80. The van der Waals surface area contributed by atoms with Crippen molar-refractivity contribution in [3.63, 3.8) is 0 Å². The van der Waals surface area contributed by atoms with Gasteiger partial charge in [-0.15, -0.1) is 0 Å². The molecule has 0 spiro atoms. The fourth-order valence-corrected chi connectivity index (χ4v) is 0.250. The van der Waals surface area contributed by atoms with Gasteiger partial charge in [-0.1, -0.05) is 0 Å². The zero-order chi connectivity index (χ0) is 6.24. The van der Waals surface area contributed by atoms with Gasteiger partial charge in [0.2, 0.25) is 0 Å². The molecule has 0 aliphatic rings. The van der Waals surface area contributed by atoms with Crippen LogP contribution >= 0.6 is 0 Å². The summed E-state index contributed by atoms with van der Waals surface area (Å²) in [6.07, 6.45) is 3.46. The highest BCUT2D eigenvalue weighted by atomic mass is 16.5. The van der Waals surface area contributed by atoms with Crippen LogP contribution in [-0.4, -0.2) is 20.4 Å². The Morgan fingerprint density at radius 2 is 2.62 bits per heavy atom. The Kier molecular flexibility index (Phi) is 5.53. The van der Waals surface area contributed by atoms with Gasteiger partial charge in [0.1, 0.15) is 0 Å². The number of nitrogens with zero attached hydrogens (tertiary/aromatic N) is 1. The van der Waals surface area contributed by atoms with Crippen molar-refractivity contribution in [3.8, 4) is 0 Å². The average Bonchev–Trinajstić information content (AvgIpc) is 1.81. The minimum atomic E-state index is 0.600. The number of hydrogen-bond acceptors (Lipinski definition) is 3. The molecule has 0 aliphatic carbocycles. The molecule has 3 nitrogen and oxygen atoms in total. The molecule has 0 rings (SSSR count). The fourth-order valence-electron chi connectivity index (χ4n) is 0.250. The van der Waals surface area contributed by atoms with Crippen LogP contribution in [-0.2, 0) is 4.74 Å². The van der Waals surface area contributed by atoms with E-state index < -0.39 is 0 Å². The summed E-state index contributed by atoms with van der Waals surface area (Å²) >= 11 is 0. The number of nitrogens with one attached hydrogen (secondary N) is 1. The lowest BCUT2D eigenvalue weighted by atomic mass is 10.7. The molecule has 8 heavy (non-hydrogen) atoms. The van der Waals surface area contributed by atoms with E-state index in [9.17, 15) is 0 Å². The zero-order valence-electron chi connectivity index (χ0n) is 4.92. The van der Waals surface area contributed by atoms with Crippen LogP contribution in [0.2, 0.25) is 0 Å². The van der Waals surface area contributed by atoms with Crippen molar-refractivity contribution in [2.24, 2.45) is 5.10 Å². The lowest BCUT2D eigenvalue weighted by Crippen LogP contribution is -1.91. The lowest BCUT2D eigenvalue weighted by molar-refractivity contribution is 0.233. The van der Waals surface area contributed by atoms with E-state index in [-0.39, 0.29) is 0 Å². The van der Waals surface area contributed by atoms with Crippen molar-refractivity contribution >= 4 is 6.72 Å². The van der Waals surface area contributed by atoms with Crippen molar-refractivity contribution in [3.05, 3.63) is 12.3 Å². The van der Waals surface area contributed by atoms with Gasteiger partial charge in [-0.3, -0.25) is 5.43 Å². The second kappa shape index (κ2) is 6.17. The molecule has 0 saturated carbocycles. The van der Waals surface area contributed by atoms with Crippen molar-refractivity contribution in [2.75, 3.05) is 13.7 Å². The SMILES string of the molecule is C=NN/C=C/COC. The molecule has 0 bridgehead atoms. The van der Waals surface area contributed by atoms with Crippen LogP contribution in [0, 0.1) is 0 Å². The van der Waals surface area contributed by atoms with Gasteiger partial charge in [0, 0.05) is 20.0 Å². The third kappa shape index (κ3) is 5.17. The van der Waals surface area contributed by atoms with Gasteiger partial charge in [-0.05, 0) is 6.08 Å². The van der Waals surface area contributed by atoms with E-state index in [0.717, 1.165) is 0 Å². The maximum atomic E-state index is 4.70. The highest BCUT2D eigenvalue weighted by Gasteiger charge is 1.66. The van der Waals surface area contributed by atoms with E-state index >= 15 is 0 Å². The topological polar surface area (TPSA) is 33.6 Å². The molecule has 0 atom stereocenters. The Morgan fingerprint density at radius 3 is 3.12 bits per heavy atom. The van der Waals surface area contributed by atoms with Gasteiger partial charge in [0.15, 0.2) is 0 Å². The minimum absolute atomic E-state index is 0.600. The predicted molar refractivity (Wildman–Crippen MR) is 33.7 cm³/mol. The second-order valence-electron chi connectivity index (χ2n) is 1.14. The Hall–Kier alpha value is -0.830. The molecular weight excluding hydrogens is 104 g/mol. The first-order chi connectivity index (χ1) is 3.91. The molecule has 0 radical (unpaired) electrons. The average molecular weight is 114 g/mol. The first-order valence-corrected chi connectivity index (χ1v) is 2.27. The largest absolute Gasteiger partial charge is 0.381 e. The van der Waals surface area contributed by atoms with Gasteiger partial charge >= 0.3 is 0 Å². The monoisotopic (exact) mass is 114 g/mol. The third-order valence-electron chi connectivity index (χ3n) is 0.547. The van der Waals surface area contributed by atoms with Crippen molar-refractivity contribution in [2.45, 2.75) is 0 Å². The standard InChI is InChI=1S/C5H10N2O/c1-6-7-4-3-5-8-2/h3-4,7H,1,5H2,2H3/b4-3+. The Labute approximate surface area is 49.0 Å². The smallest absolute Gasteiger partial charge is 0.0661 e. The number of methoxy groups -OCH3 is 1. The van der Waals surface area contributed by atoms with Crippen molar-refractivity contribution in [1.29, 1.82) is 0 Å². The summed E-state index contributed by atoms with van der Waals surface area (Å²) in [5.41, 5.74) is 2.54. The van der Waals surface area contributed by atoms with Crippen LogP contribution in [0.25, 0.3) is 0 Å². The summed E-state index contributed by atoms with van der Waals surface area (Å²) in [5.74, 6) is 0. The quantitative estimate of drug-likeness (QED) is 0.422. The summed E-state index contributed by atoms with van der Waals surface area (Å²) < 4.78 is 4.70. The minimum Gasteiger partial charge on any atom is -0.381 e. The van der Waals surface area contributed by atoms with Crippen LogP contribution in [0.1, 0.15) is 0 Å². The van der Waals surface area contributed by atoms with Crippen molar-refractivity contribution < 1.29 is 4.74 Å². The van der Waals surface area contributed by atoms with Crippen LogP contribution < -0.4 is 5.43 Å². The summed E-state index contributed by atoms with van der Waals surface area (Å²) in [6, 6.07) is 0. The number of ether oxygens (including phenoxy) is 1. The summed E-state index contributed by atoms with van der Waals surface area (Å²) in [4.78, 5) is 0. The molecule has 0 fully saturated rings. The van der Waals surface area contributed by atoms with Gasteiger partial charge in [-0.2, -0.15) is 5.10 Å². The first-order valence-electron chi connectivity index (χ1n) is 2.27. The molecule has 0 saturated heterocycles. The molecule has 0 amide bonds. The molecule has 46 valence electrons. The summed E-state index contributed by atoms with van der Waals surface area (Å²) in [7, 11) is 1.63. The van der Waals surface area contributed by atoms with E-state index in [1.54, 1.807) is 19.4 Å². The first kappa shape index (κ1) is 7.17. The number of hydrogen-bond donors (Lipinski definition) is 1. The van der Waals surface area contributed by atoms with E-state index in [2.05, 4.69) is 17.2 Å². The maximum absolute atomic E-state index is 4.70. The van der Waals surface area contributed by atoms with Crippen LogP contribution in [0.4, 0.5) is 0 Å². The van der Waals surface area contributed by atoms with Crippen molar-refractivity contribution in [1.82, 2.24) is 5.43 Å². The Bertz CT molecular complexity index is 80.5. The zero-order valence-corrected chi connectivity index (χ0v) is 4.92. The molecule has 3 heteroatoms. The van der Waals surface area contributed by atoms with Gasteiger partial charge in [0.05, 0.1) is 6.61 Å². The molecule has 0 aliphatic heterocycles. The third-order valence-corrected chi connectivity index (χ3v) is 0.547. The Balaban J connectivity index is 2.94. The number of hydrazone groups is 1. The molecule has 1 N–H and O–H groups in total. The van der Waals surface area contributed by atoms with Crippen LogP contribution in [0.5, 0.6) is 0 Å². The highest BCUT2D eigenvalue weighted by Crippen LogP contribution is 1.68.